The minimum Gasteiger partial charge on any atom is -0.331 e. The summed E-state index contributed by atoms with van der Waals surface area (Å²) in [6.45, 7) is 7.45. The lowest BCUT2D eigenvalue weighted by atomic mass is 10.1. The van der Waals surface area contributed by atoms with Gasteiger partial charge in [-0.25, -0.2) is 4.98 Å². The Bertz CT molecular complexity index is 488. The van der Waals surface area contributed by atoms with Gasteiger partial charge in [0.2, 0.25) is 0 Å². The molecule has 0 saturated carbocycles. The first-order valence-electron chi connectivity index (χ1n) is 6.95. The second kappa shape index (κ2) is 6.53. The van der Waals surface area contributed by atoms with Gasteiger partial charge in [-0.3, -0.25) is 0 Å². The number of aromatic nitrogens is 2. The van der Waals surface area contributed by atoms with Crippen LogP contribution in [0.15, 0.2) is 42.9 Å². The number of hydrogen-bond acceptors (Lipinski definition) is 2. The van der Waals surface area contributed by atoms with Gasteiger partial charge in [-0.15, -0.1) is 0 Å². The highest BCUT2D eigenvalue weighted by molar-refractivity contribution is 5.15. The van der Waals surface area contributed by atoms with Gasteiger partial charge in [0.25, 0.3) is 0 Å². The first-order valence-corrected chi connectivity index (χ1v) is 6.95. The van der Waals surface area contributed by atoms with Crippen molar-refractivity contribution < 1.29 is 0 Å². The molecule has 0 bridgehead atoms. The number of benzene rings is 1. The fraction of sp³-hybridized carbons (Fsp3) is 0.438. The van der Waals surface area contributed by atoms with Crippen LogP contribution in [0.5, 0.6) is 0 Å². The molecule has 1 atom stereocenters. The van der Waals surface area contributed by atoms with E-state index in [0.717, 1.165) is 13.0 Å². The van der Waals surface area contributed by atoms with Crippen LogP contribution in [0, 0.1) is 0 Å². The predicted octanol–water partition coefficient (Wildman–Crippen LogP) is 3.18. The van der Waals surface area contributed by atoms with Crippen LogP contribution in [0.4, 0.5) is 0 Å². The molecule has 0 aliphatic carbocycles. The third kappa shape index (κ3) is 3.93. The van der Waals surface area contributed by atoms with Crippen molar-refractivity contribution in [3.8, 4) is 0 Å². The third-order valence-electron chi connectivity index (χ3n) is 3.32. The van der Waals surface area contributed by atoms with Crippen molar-refractivity contribution in [1.82, 2.24) is 14.9 Å². The molecule has 2 aromatic rings. The summed E-state index contributed by atoms with van der Waals surface area (Å²) in [5.74, 6) is 0. The summed E-state index contributed by atoms with van der Waals surface area (Å²) < 4.78 is 2.21. The second-order valence-corrected chi connectivity index (χ2v) is 5.36. The van der Waals surface area contributed by atoms with Crippen LogP contribution in [-0.2, 0) is 13.0 Å². The molecule has 19 heavy (non-hydrogen) atoms. The Balaban J connectivity index is 1.86. The Kier molecular flexibility index (Phi) is 4.74. The molecule has 0 spiro atoms. The maximum Gasteiger partial charge on any atom is 0.0951 e. The Labute approximate surface area is 115 Å². The zero-order valence-corrected chi connectivity index (χ0v) is 12.0. The normalized spacial score (nSPS) is 12.8. The second-order valence-electron chi connectivity index (χ2n) is 5.36. The zero-order valence-electron chi connectivity index (χ0n) is 12.0. The van der Waals surface area contributed by atoms with Gasteiger partial charge in [-0.05, 0) is 32.8 Å². The quantitative estimate of drug-likeness (QED) is 0.861. The average molecular weight is 257 g/mol. The lowest BCUT2D eigenvalue weighted by Crippen LogP contribution is -2.28. The largest absolute Gasteiger partial charge is 0.331 e. The molecule has 2 rings (SSSR count). The third-order valence-corrected chi connectivity index (χ3v) is 3.32. The maximum absolute atomic E-state index is 4.23. The average Bonchev–Trinajstić information content (AvgIpc) is 2.86. The first kappa shape index (κ1) is 13.8. The van der Waals surface area contributed by atoms with Crippen molar-refractivity contribution >= 4 is 0 Å². The highest BCUT2D eigenvalue weighted by Gasteiger charge is 2.07. The number of nitrogens with zero attached hydrogens (tertiary/aromatic N) is 2. The van der Waals surface area contributed by atoms with Crippen LogP contribution in [0.25, 0.3) is 0 Å². The summed E-state index contributed by atoms with van der Waals surface area (Å²) in [6, 6.07) is 11.5. The molecule has 1 aromatic carbocycles. The smallest absolute Gasteiger partial charge is 0.0951 e. The van der Waals surface area contributed by atoms with Gasteiger partial charge in [0.1, 0.15) is 0 Å². The van der Waals surface area contributed by atoms with Crippen LogP contribution < -0.4 is 5.32 Å². The number of rotatable bonds is 6. The molecule has 0 amide bonds. The highest BCUT2D eigenvalue weighted by atomic mass is 15.1. The Morgan fingerprint density at radius 2 is 1.89 bits per heavy atom. The van der Waals surface area contributed by atoms with E-state index in [1.165, 1.54) is 11.3 Å². The van der Waals surface area contributed by atoms with Crippen molar-refractivity contribution in [2.45, 2.75) is 45.8 Å². The molecule has 0 fully saturated rings. The van der Waals surface area contributed by atoms with Gasteiger partial charge < -0.3 is 9.88 Å². The van der Waals surface area contributed by atoms with E-state index in [9.17, 15) is 0 Å². The topological polar surface area (TPSA) is 29.9 Å². The Morgan fingerprint density at radius 1 is 1.16 bits per heavy atom. The zero-order chi connectivity index (χ0) is 13.7. The van der Waals surface area contributed by atoms with Crippen molar-refractivity contribution in [2.24, 2.45) is 0 Å². The van der Waals surface area contributed by atoms with E-state index in [-0.39, 0.29) is 0 Å². The molecule has 0 saturated heterocycles. The molecule has 0 aliphatic heterocycles. The number of imidazole rings is 1. The van der Waals surface area contributed by atoms with E-state index >= 15 is 0 Å². The highest BCUT2D eigenvalue weighted by Crippen LogP contribution is 2.09. The van der Waals surface area contributed by atoms with Gasteiger partial charge >= 0.3 is 0 Å². The minimum atomic E-state index is 0.456. The van der Waals surface area contributed by atoms with Gasteiger partial charge in [0.05, 0.1) is 12.0 Å². The van der Waals surface area contributed by atoms with E-state index in [4.69, 9.17) is 0 Å². The molecule has 1 aromatic heterocycles. The molecular formula is C16H23N3. The molecule has 3 heteroatoms. The van der Waals surface area contributed by atoms with Crippen LogP contribution >= 0.6 is 0 Å². The van der Waals surface area contributed by atoms with Gasteiger partial charge in [-0.2, -0.15) is 0 Å². The van der Waals surface area contributed by atoms with Crippen molar-refractivity contribution in [1.29, 1.82) is 0 Å². The summed E-state index contributed by atoms with van der Waals surface area (Å²) >= 11 is 0. The minimum absolute atomic E-state index is 0.456. The summed E-state index contributed by atoms with van der Waals surface area (Å²) in [6.07, 6.45) is 4.91. The summed E-state index contributed by atoms with van der Waals surface area (Å²) in [4.78, 5) is 4.23. The molecule has 0 aliphatic rings. The fourth-order valence-corrected chi connectivity index (χ4v) is 2.25. The monoisotopic (exact) mass is 257 g/mol. The Hall–Kier alpha value is -1.61. The Morgan fingerprint density at radius 3 is 2.58 bits per heavy atom. The van der Waals surface area contributed by atoms with E-state index in [0.29, 0.717) is 12.1 Å². The van der Waals surface area contributed by atoms with Gasteiger partial charge in [-0.1, -0.05) is 30.3 Å². The molecule has 3 nitrogen and oxygen atoms in total. The van der Waals surface area contributed by atoms with E-state index in [1.807, 2.05) is 12.5 Å². The van der Waals surface area contributed by atoms with Crippen LogP contribution in [0.2, 0.25) is 0 Å². The molecule has 1 heterocycles. The summed E-state index contributed by atoms with van der Waals surface area (Å²) in [5.41, 5.74) is 2.62. The summed E-state index contributed by atoms with van der Waals surface area (Å²) in [7, 11) is 0. The predicted molar refractivity (Wildman–Crippen MR) is 79.1 cm³/mol. The molecule has 1 N–H and O–H groups in total. The molecule has 1 unspecified atom stereocenters. The fourth-order valence-electron chi connectivity index (χ4n) is 2.25. The van der Waals surface area contributed by atoms with Crippen molar-refractivity contribution in [2.75, 3.05) is 0 Å². The molecular weight excluding hydrogens is 234 g/mol. The number of nitrogens with one attached hydrogen (secondary N) is 1. The van der Waals surface area contributed by atoms with Crippen molar-refractivity contribution in [3.63, 3.8) is 0 Å². The molecule has 102 valence electrons. The van der Waals surface area contributed by atoms with Crippen LogP contribution in [0.1, 0.15) is 38.1 Å². The van der Waals surface area contributed by atoms with E-state index in [2.05, 4.69) is 66.0 Å². The van der Waals surface area contributed by atoms with E-state index in [1.54, 1.807) is 0 Å². The van der Waals surface area contributed by atoms with Crippen LogP contribution in [-0.4, -0.2) is 15.6 Å². The van der Waals surface area contributed by atoms with Gasteiger partial charge in [0, 0.05) is 24.8 Å². The lowest BCUT2D eigenvalue weighted by Gasteiger charge is -2.16. The number of hydrogen-bond donors (Lipinski definition) is 1. The maximum atomic E-state index is 4.23. The van der Waals surface area contributed by atoms with Gasteiger partial charge in [0.15, 0.2) is 0 Å². The first-order chi connectivity index (χ1) is 9.16. The molecule has 0 radical (unpaired) electrons. The van der Waals surface area contributed by atoms with Crippen molar-refractivity contribution in [3.05, 3.63) is 54.1 Å². The standard InChI is InChI=1S/C16H23N3/c1-13(2)19-12-17-10-16(19)11-18-14(3)9-15-7-5-4-6-8-15/h4-8,10,12-14,18H,9,11H2,1-3H3. The SMILES string of the molecule is CC(Cc1ccccc1)NCc1cncn1C(C)C. The lowest BCUT2D eigenvalue weighted by molar-refractivity contribution is 0.505. The summed E-state index contributed by atoms with van der Waals surface area (Å²) in [5, 5.41) is 3.57. The van der Waals surface area contributed by atoms with E-state index < -0.39 is 0 Å². The van der Waals surface area contributed by atoms with Crippen LogP contribution in [0.3, 0.4) is 0 Å².